The molecule has 9 nitrogen and oxygen atoms in total. The SMILES string of the molecule is CN(C)c1ccc(N=Nc2ccc(O[C@@H]3O[C@H](CO)[C@@H](O)[C@H](O)[C@H]3O)cc2)cc1. The molecule has 1 saturated heterocycles. The van der Waals surface area contributed by atoms with Crippen molar-refractivity contribution in [1.29, 1.82) is 0 Å². The Kier molecular flexibility index (Phi) is 6.78. The fourth-order valence-electron chi connectivity index (χ4n) is 2.82. The summed E-state index contributed by atoms with van der Waals surface area (Å²) >= 11 is 0. The zero-order valence-corrected chi connectivity index (χ0v) is 16.2. The number of ether oxygens (including phenoxy) is 2. The van der Waals surface area contributed by atoms with Crippen LogP contribution in [0.25, 0.3) is 0 Å². The van der Waals surface area contributed by atoms with E-state index in [1.165, 1.54) is 0 Å². The average molecular weight is 403 g/mol. The molecule has 3 rings (SSSR count). The molecular formula is C20H25N3O6. The highest BCUT2D eigenvalue weighted by atomic mass is 16.7. The third-order valence-electron chi connectivity index (χ3n) is 4.58. The average Bonchev–Trinajstić information content (AvgIpc) is 2.74. The Balaban J connectivity index is 1.62. The van der Waals surface area contributed by atoms with Gasteiger partial charge in [0, 0.05) is 19.8 Å². The zero-order valence-electron chi connectivity index (χ0n) is 16.2. The Labute approximate surface area is 168 Å². The topological polar surface area (TPSA) is 127 Å². The first kappa shape index (κ1) is 21.2. The lowest BCUT2D eigenvalue weighted by atomic mass is 9.99. The van der Waals surface area contributed by atoms with E-state index in [9.17, 15) is 20.4 Å². The summed E-state index contributed by atoms with van der Waals surface area (Å²) in [6.07, 6.45) is -6.63. The smallest absolute Gasteiger partial charge is 0.229 e. The van der Waals surface area contributed by atoms with E-state index in [0.717, 1.165) is 11.4 Å². The van der Waals surface area contributed by atoms with Gasteiger partial charge in [-0.2, -0.15) is 10.2 Å². The second kappa shape index (κ2) is 9.29. The summed E-state index contributed by atoms with van der Waals surface area (Å²) in [5.41, 5.74) is 2.39. The maximum atomic E-state index is 10.0. The van der Waals surface area contributed by atoms with Gasteiger partial charge in [-0.1, -0.05) is 0 Å². The Hall–Kier alpha value is -2.56. The minimum atomic E-state index is -1.49. The molecule has 0 radical (unpaired) electrons. The minimum Gasteiger partial charge on any atom is -0.462 e. The molecule has 0 bridgehead atoms. The van der Waals surface area contributed by atoms with Crippen molar-refractivity contribution in [2.24, 2.45) is 10.2 Å². The predicted molar refractivity (Wildman–Crippen MR) is 106 cm³/mol. The van der Waals surface area contributed by atoms with Crippen LogP contribution in [0, 0.1) is 0 Å². The molecule has 1 fully saturated rings. The Bertz CT molecular complexity index is 810. The number of azo groups is 1. The predicted octanol–water partition coefficient (Wildman–Crippen LogP) is 1.35. The number of hydrogen-bond donors (Lipinski definition) is 4. The first-order valence-electron chi connectivity index (χ1n) is 9.15. The van der Waals surface area contributed by atoms with E-state index in [2.05, 4.69) is 10.2 Å². The van der Waals surface area contributed by atoms with E-state index in [1.54, 1.807) is 24.3 Å². The Morgan fingerprint density at radius 3 is 1.93 bits per heavy atom. The molecule has 0 spiro atoms. The first-order chi connectivity index (χ1) is 13.9. The summed E-state index contributed by atoms with van der Waals surface area (Å²) in [5, 5.41) is 47.2. The van der Waals surface area contributed by atoms with Gasteiger partial charge in [-0.05, 0) is 48.5 Å². The van der Waals surface area contributed by atoms with Gasteiger partial charge in [0.25, 0.3) is 0 Å². The molecule has 0 unspecified atom stereocenters. The van der Waals surface area contributed by atoms with Crippen LogP contribution in [0.3, 0.4) is 0 Å². The number of aliphatic hydroxyl groups is 4. The zero-order chi connectivity index (χ0) is 21.0. The lowest BCUT2D eigenvalue weighted by molar-refractivity contribution is -0.277. The summed E-state index contributed by atoms with van der Waals surface area (Å²) in [7, 11) is 3.93. The molecule has 1 aliphatic rings. The van der Waals surface area contributed by atoms with Crippen LogP contribution in [0.4, 0.5) is 17.1 Å². The second-order valence-electron chi connectivity index (χ2n) is 6.92. The van der Waals surface area contributed by atoms with Gasteiger partial charge < -0.3 is 34.8 Å². The van der Waals surface area contributed by atoms with E-state index < -0.39 is 37.3 Å². The number of benzene rings is 2. The summed E-state index contributed by atoms with van der Waals surface area (Å²) < 4.78 is 10.9. The minimum absolute atomic E-state index is 0.364. The number of aliphatic hydroxyl groups excluding tert-OH is 4. The summed E-state index contributed by atoms with van der Waals surface area (Å²) in [4.78, 5) is 2.00. The second-order valence-corrected chi connectivity index (χ2v) is 6.92. The fraction of sp³-hybridized carbons (Fsp3) is 0.400. The standard InChI is InChI=1S/C20H25N3O6/c1-23(2)14-7-3-12(4-8-14)21-22-13-5-9-15(10-6-13)28-20-19(27)18(26)17(25)16(11-24)29-20/h3-10,16-20,24-27H,11H2,1-2H3/t16-,17-,18+,19-,20-/m1/s1. The van der Waals surface area contributed by atoms with Crippen LogP contribution in [0.15, 0.2) is 58.8 Å². The third kappa shape index (κ3) is 5.08. The van der Waals surface area contributed by atoms with Crippen LogP contribution >= 0.6 is 0 Å². The van der Waals surface area contributed by atoms with E-state index >= 15 is 0 Å². The quantitative estimate of drug-likeness (QED) is 0.536. The Morgan fingerprint density at radius 2 is 1.41 bits per heavy atom. The molecule has 2 aromatic rings. The lowest BCUT2D eigenvalue weighted by Crippen LogP contribution is -2.60. The van der Waals surface area contributed by atoms with Crippen LogP contribution in [0.5, 0.6) is 5.75 Å². The molecule has 156 valence electrons. The van der Waals surface area contributed by atoms with Gasteiger partial charge in [0.2, 0.25) is 6.29 Å². The molecule has 29 heavy (non-hydrogen) atoms. The van der Waals surface area contributed by atoms with Gasteiger partial charge in [0.1, 0.15) is 30.2 Å². The molecule has 2 aromatic carbocycles. The molecule has 0 saturated carbocycles. The molecule has 0 aromatic heterocycles. The fourth-order valence-corrected chi connectivity index (χ4v) is 2.82. The van der Waals surface area contributed by atoms with E-state index in [-0.39, 0.29) is 0 Å². The van der Waals surface area contributed by atoms with Crippen LogP contribution in [0.2, 0.25) is 0 Å². The van der Waals surface area contributed by atoms with Crippen molar-refractivity contribution in [2.45, 2.75) is 30.7 Å². The van der Waals surface area contributed by atoms with Gasteiger partial charge in [0.05, 0.1) is 18.0 Å². The normalized spacial score (nSPS) is 27.2. The van der Waals surface area contributed by atoms with Crippen molar-refractivity contribution in [3.63, 3.8) is 0 Å². The Morgan fingerprint density at radius 1 is 0.862 bits per heavy atom. The lowest BCUT2D eigenvalue weighted by Gasteiger charge is -2.39. The number of nitrogens with zero attached hydrogens (tertiary/aromatic N) is 3. The number of hydrogen-bond acceptors (Lipinski definition) is 9. The van der Waals surface area contributed by atoms with Crippen molar-refractivity contribution >= 4 is 17.1 Å². The first-order valence-corrected chi connectivity index (χ1v) is 9.15. The van der Waals surface area contributed by atoms with Crippen molar-refractivity contribution in [3.05, 3.63) is 48.5 Å². The molecule has 4 N–H and O–H groups in total. The number of rotatable bonds is 6. The van der Waals surface area contributed by atoms with Crippen molar-refractivity contribution in [2.75, 3.05) is 25.6 Å². The highest BCUT2D eigenvalue weighted by Crippen LogP contribution is 2.27. The summed E-state index contributed by atoms with van der Waals surface area (Å²) in [6.45, 7) is -0.514. The van der Waals surface area contributed by atoms with Crippen molar-refractivity contribution < 1.29 is 29.9 Å². The van der Waals surface area contributed by atoms with Crippen LogP contribution in [-0.2, 0) is 4.74 Å². The van der Waals surface area contributed by atoms with Crippen LogP contribution < -0.4 is 9.64 Å². The summed E-state index contributed by atoms with van der Waals surface area (Å²) in [6, 6.07) is 14.2. The maximum Gasteiger partial charge on any atom is 0.229 e. The highest BCUT2D eigenvalue weighted by Gasteiger charge is 2.44. The van der Waals surface area contributed by atoms with Crippen LogP contribution in [-0.4, -0.2) is 71.8 Å². The maximum absolute atomic E-state index is 10.0. The monoisotopic (exact) mass is 403 g/mol. The largest absolute Gasteiger partial charge is 0.462 e. The third-order valence-corrected chi connectivity index (χ3v) is 4.58. The molecule has 0 aliphatic carbocycles. The van der Waals surface area contributed by atoms with Gasteiger partial charge in [-0.15, -0.1) is 0 Å². The van der Waals surface area contributed by atoms with Gasteiger partial charge in [-0.25, -0.2) is 0 Å². The highest BCUT2D eigenvalue weighted by molar-refractivity contribution is 5.52. The summed E-state index contributed by atoms with van der Waals surface area (Å²) in [5.74, 6) is 0.364. The van der Waals surface area contributed by atoms with Gasteiger partial charge in [-0.3, -0.25) is 0 Å². The van der Waals surface area contributed by atoms with Gasteiger partial charge >= 0.3 is 0 Å². The number of anilines is 1. The molecule has 1 aliphatic heterocycles. The molecule has 9 heteroatoms. The molecule has 5 atom stereocenters. The van der Waals surface area contributed by atoms with Crippen LogP contribution in [0.1, 0.15) is 0 Å². The molecular weight excluding hydrogens is 378 g/mol. The molecule has 1 heterocycles. The van der Waals surface area contributed by atoms with Crippen molar-refractivity contribution in [1.82, 2.24) is 0 Å². The van der Waals surface area contributed by atoms with Crippen molar-refractivity contribution in [3.8, 4) is 5.75 Å². The van der Waals surface area contributed by atoms with E-state index in [4.69, 9.17) is 9.47 Å². The van der Waals surface area contributed by atoms with E-state index in [0.29, 0.717) is 11.4 Å². The molecule has 0 amide bonds. The van der Waals surface area contributed by atoms with E-state index in [1.807, 2.05) is 43.3 Å². The van der Waals surface area contributed by atoms with Gasteiger partial charge in [0.15, 0.2) is 0 Å².